The number of pyridine rings is 2. The molecule has 0 aliphatic rings. The van der Waals surface area contributed by atoms with Crippen molar-refractivity contribution in [1.29, 1.82) is 5.41 Å². The van der Waals surface area contributed by atoms with Crippen LogP contribution in [0.2, 0.25) is 5.02 Å². The Hall–Kier alpha value is -1.56. The van der Waals surface area contributed by atoms with Gasteiger partial charge < -0.3 is 10.3 Å². The van der Waals surface area contributed by atoms with Gasteiger partial charge >= 0.3 is 0 Å². The fourth-order valence-electron chi connectivity index (χ4n) is 1.84. The average molecular weight is 350 g/mol. The standard InChI is InChI=1S/C13H13ClN4O.2ClH/c1-8(11-4-2-3-5-17-11)18-7-9(14)6-10(12(18)15)13(16)19;;/h2-8,15H,1H3,(H2,16,19);2*1H. The van der Waals surface area contributed by atoms with Gasteiger partial charge in [0.15, 0.2) is 0 Å². The van der Waals surface area contributed by atoms with Crippen LogP contribution < -0.4 is 11.2 Å². The van der Waals surface area contributed by atoms with Crippen LogP contribution in [0.15, 0.2) is 36.7 Å². The minimum Gasteiger partial charge on any atom is -0.365 e. The number of nitrogens with one attached hydrogen (secondary N) is 1. The number of rotatable bonds is 3. The second-order valence-corrected chi connectivity index (χ2v) is 4.56. The molecule has 2 heterocycles. The van der Waals surface area contributed by atoms with Gasteiger partial charge in [0.25, 0.3) is 5.91 Å². The Morgan fingerprint density at radius 1 is 1.43 bits per heavy atom. The third kappa shape index (κ3) is 4.20. The molecule has 0 aliphatic carbocycles. The first-order chi connectivity index (χ1) is 9.00. The van der Waals surface area contributed by atoms with E-state index in [0.29, 0.717) is 5.02 Å². The van der Waals surface area contributed by atoms with E-state index in [4.69, 9.17) is 22.7 Å². The molecule has 0 radical (unpaired) electrons. The predicted molar refractivity (Wildman–Crippen MR) is 86.4 cm³/mol. The van der Waals surface area contributed by atoms with Crippen LogP contribution in [-0.4, -0.2) is 15.5 Å². The summed E-state index contributed by atoms with van der Waals surface area (Å²) in [7, 11) is 0. The molecule has 0 saturated heterocycles. The first-order valence-electron chi connectivity index (χ1n) is 5.67. The fourth-order valence-corrected chi connectivity index (χ4v) is 2.05. The van der Waals surface area contributed by atoms with Crippen LogP contribution in [0.25, 0.3) is 0 Å². The number of carbonyl (C=O) groups is 1. The monoisotopic (exact) mass is 348 g/mol. The fraction of sp³-hybridized carbons (Fsp3) is 0.154. The Morgan fingerprint density at radius 2 is 2.10 bits per heavy atom. The lowest BCUT2D eigenvalue weighted by molar-refractivity contribution is 0.0997. The molecule has 0 spiro atoms. The van der Waals surface area contributed by atoms with E-state index in [9.17, 15) is 4.79 Å². The molecule has 0 fully saturated rings. The van der Waals surface area contributed by atoms with Crippen molar-refractivity contribution in [2.75, 3.05) is 0 Å². The van der Waals surface area contributed by atoms with E-state index in [2.05, 4.69) is 4.98 Å². The smallest absolute Gasteiger partial charge is 0.252 e. The van der Waals surface area contributed by atoms with Crippen molar-refractivity contribution < 1.29 is 4.79 Å². The number of halogens is 3. The van der Waals surface area contributed by atoms with Crippen molar-refractivity contribution >= 4 is 42.3 Å². The van der Waals surface area contributed by atoms with Gasteiger partial charge in [0, 0.05) is 12.4 Å². The van der Waals surface area contributed by atoms with Crippen molar-refractivity contribution in [3.8, 4) is 0 Å². The Balaban J connectivity index is 0.00000200. The SMILES string of the molecule is CC(c1ccccn1)n1cc(Cl)cc(C(N)=O)c1=N.Cl.Cl. The first kappa shape index (κ1) is 19.4. The topological polar surface area (TPSA) is 84.8 Å². The lowest BCUT2D eigenvalue weighted by Crippen LogP contribution is -2.31. The van der Waals surface area contributed by atoms with E-state index in [1.807, 2.05) is 25.1 Å². The van der Waals surface area contributed by atoms with Gasteiger partial charge in [-0.05, 0) is 25.1 Å². The lowest BCUT2D eigenvalue weighted by atomic mass is 10.2. The number of nitrogens with zero attached hydrogens (tertiary/aromatic N) is 2. The van der Waals surface area contributed by atoms with Gasteiger partial charge in [-0.25, -0.2) is 0 Å². The van der Waals surface area contributed by atoms with Crippen LogP contribution in [0.3, 0.4) is 0 Å². The maximum Gasteiger partial charge on any atom is 0.252 e. The summed E-state index contributed by atoms with van der Waals surface area (Å²) in [6, 6.07) is 6.71. The zero-order valence-corrected chi connectivity index (χ0v) is 13.5. The molecule has 3 N–H and O–H groups in total. The maximum atomic E-state index is 11.3. The largest absolute Gasteiger partial charge is 0.365 e. The molecule has 1 atom stereocenters. The highest BCUT2D eigenvalue weighted by Gasteiger charge is 2.14. The molecule has 2 aromatic rings. The number of hydrogen-bond acceptors (Lipinski definition) is 3. The van der Waals surface area contributed by atoms with E-state index < -0.39 is 5.91 Å². The summed E-state index contributed by atoms with van der Waals surface area (Å²) in [5.74, 6) is -0.672. The quantitative estimate of drug-likeness (QED) is 0.892. The highest BCUT2D eigenvalue weighted by atomic mass is 35.5. The highest BCUT2D eigenvalue weighted by Crippen LogP contribution is 2.16. The average Bonchev–Trinajstić information content (AvgIpc) is 2.41. The number of aromatic nitrogens is 2. The van der Waals surface area contributed by atoms with E-state index in [1.165, 1.54) is 6.07 Å². The molecule has 1 amide bonds. The third-order valence-electron chi connectivity index (χ3n) is 2.86. The summed E-state index contributed by atoms with van der Waals surface area (Å²) in [5, 5.41) is 8.38. The van der Waals surface area contributed by atoms with E-state index >= 15 is 0 Å². The number of amides is 1. The molecular formula is C13H15Cl3N4O. The molecule has 0 aromatic carbocycles. The molecular weight excluding hydrogens is 335 g/mol. The van der Waals surface area contributed by atoms with Crippen molar-refractivity contribution in [2.24, 2.45) is 5.73 Å². The van der Waals surface area contributed by atoms with Crippen LogP contribution >= 0.6 is 36.4 Å². The Bertz CT molecular complexity index is 673. The second kappa shape index (κ2) is 8.02. The zero-order valence-electron chi connectivity index (χ0n) is 11.1. The molecule has 1 unspecified atom stereocenters. The maximum absolute atomic E-state index is 11.3. The van der Waals surface area contributed by atoms with Crippen molar-refractivity contribution in [3.63, 3.8) is 0 Å². The van der Waals surface area contributed by atoms with E-state index in [0.717, 1.165) is 5.69 Å². The zero-order chi connectivity index (χ0) is 14.0. The van der Waals surface area contributed by atoms with Gasteiger partial charge in [-0.2, -0.15) is 0 Å². The Kier molecular flexibility index (Phi) is 7.43. The summed E-state index contributed by atoms with van der Waals surface area (Å²) in [6.45, 7) is 1.88. The molecule has 2 aromatic heterocycles. The molecule has 0 bridgehead atoms. The van der Waals surface area contributed by atoms with E-state index in [1.54, 1.807) is 17.0 Å². The van der Waals surface area contributed by atoms with Crippen LogP contribution in [0.1, 0.15) is 29.0 Å². The normalized spacial score (nSPS) is 11.0. The van der Waals surface area contributed by atoms with Crippen LogP contribution in [0.4, 0.5) is 0 Å². The van der Waals surface area contributed by atoms with Gasteiger partial charge in [-0.3, -0.25) is 15.2 Å². The molecule has 0 saturated carbocycles. The number of carbonyl (C=O) groups excluding carboxylic acids is 1. The van der Waals surface area contributed by atoms with Crippen molar-refractivity contribution in [3.05, 3.63) is 58.4 Å². The first-order valence-corrected chi connectivity index (χ1v) is 6.05. The number of hydrogen-bond donors (Lipinski definition) is 2. The molecule has 2 rings (SSSR count). The Morgan fingerprint density at radius 3 is 2.62 bits per heavy atom. The second-order valence-electron chi connectivity index (χ2n) is 4.12. The Labute approximate surface area is 139 Å². The van der Waals surface area contributed by atoms with Gasteiger partial charge in [0.2, 0.25) is 0 Å². The summed E-state index contributed by atoms with van der Waals surface area (Å²) in [4.78, 5) is 15.5. The molecule has 0 aliphatic heterocycles. The van der Waals surface area contributed by atoms with Gasteiger partial charge in [-0.15, -0.1) is 24.8 Å². The molecule has 5 nitrogen and oxygen atoms in total. The summed E-state index contributed by atoms with van der Waals surface area (Å²) >= 11 is 5.97. The third-order valence-corrected chi connectivity index (χ3v) is 3.06. The van der Waals surface area contributed by atoms with E-state index in [-0.39, 0.29) is 41.9 Å². The number of primary amides is 1. The summed E-state index contributed by atoms with van der Waals surface area (Å²) in [5.41, 5.74) is 6.14. The highest BCUT2D eigenvalue weighted by molar-refractivity contribution is 6.30. The van der Waals surface area contributed by atoms with Crippen molar-refractivity contribution in [1.82, 2.24) is 9.55 Å². The van der Waals surface area contributed by atoms with Crippen LogP contribution in [0, 0.1) is 5.41 Å². The van der Waals surface area contributed by atoms with Gasteiger partial charge in [-0.1, -0.05) is 17.7 Å². The molecule has 8 heteroatoms. The van der Waals surface area contributed by atoms with Crippen molar-refractivity contribution in [2.45, 2.75) is 13.0 Å². The summed E-state index contributed by atoms with van der Waals surface area (Å²) < 4.78 is 1.57. The summed E-state index contributed by atoms with van der Waals surface area (Å²) in [6.07, 6.45) is 3.27. The van der Waals surface area contributed by atoms with Gasteiger partial charge in [0.1, 0.15) is 5.49 Å². The molecule has 21 heavy (non-hydrogen) atoms. The minimum atomic E-state index is -0.672. The van der Waals surface area contributed by atoms with Gasteiger partial charge in [0.05, 0.1) is 22.3 Å². The predicted octanol–water partition coefficient (Wildman–Crippen LogP) is 2.57. The molecule has 114 valence electrons. The lowest BCUT2D eigenvalue weighted by Gasteiger charge is -2.17. The minimum absolute atomic E-state index is 0. The van der Waals surface area contributed by atoms with Crippen LogP contribution in [0.5, 0.6) is 0 Å². The van der Waals surface area contributed by atoms with Crippen LogP contribution in [-0.2, 0) is 0 Å². The number of nitrogens with two attached hydrogens (primary N) is 1.